The number of aromatic nitrogens is 1. The summed E-state index contributed by atoms with van der Waals surface area (Å²) < 4.78 is 24.5. The van der Waals surface area contributed by atoms with E-state index in [-0.39, 0.29) is 5.56 Å². The molecule has 4 N–H and O–H groups in total. The van der Waals surface area contributed by atoms with Gasteiger partial charge in [0.25, 0.3) is 0 Å². The summed E-state index contributed by atoms with van der Waals surface area (Å²) >= 11 is 0. The number of pyridine rings is 1. The first-order valence-electron chi connectivity index (χ1n) is 20.8. The van der Waals surface area contributed by atoms with Gasteiger partial charge in [0.05, 0.1) is 29.7 Å². The molecule has 0 atom stereocenters. The standard InChI is InChI=1S/C51H56N6O5/c1-56(2)28-30-60-50-45(52-33-36-18-22-40(59-5)23-19-36)16-11-17-47(50)54-44-15-10-9-14-39(44)35-62-41-24-20-37(21-25-41)34-53-46-27-26-42-43(38-12-7-6-8-13-38)32-48(58)55-49(42)51(46)61-31-29-57(3)4/h6-27,32,52-54H,28-31,33-35H2,1-5H3,(H,55,58). The zero-order valence-electron chi connectivity index (χ0n) is 36.2. The lowest BCUT2D eigenvalue weighted by molar-refractivity contribution is 0.263. The molecule has 0 aliphatic heterocycles. The van der Waals surface area contributed by atoms with Crippen LogP contribution in [-0.2, 0) is 19.7 Å². The number of para-hydroxylation sites is 2. The average Bonchev–Trinajstić information content (AvgIpc) is 3.28. The van der Waals surface area contributed by atoms with E-state index in [1.54, 1.807) is 13.2 Å². The van der Waals surface area contributed by atoms with Crippen molar-refractivity contribution in [1.82, 2.24) is 14.8 Å². The Labute approximate surface area is 364 Å². The monoisotopic (exact) mass is 832 g/mol. The Morgan fingerprint density at radius 3 is 1.81 bits per heavy atom. The second-order valence-corrected chi connectivity index (χ2v) is 15.5. The number of hydrogen-bond acceptors (Lipinski definition) is 10. The number of anilines is 4. The summed E-state index contributed by atoms with van der Waals surface area (Å²) in [6.45, 7) is 4.03. The summed E-state index contributed by atoms with van der Waals surface area (Å²) in [7, 11) is 9.76. The molecule has 0 aliphatic rings. The van der Waals surface area contributed by atoms with Gasteiger partial charge >= 0.3 is 0 Å². The maximum absolute atomic E-state index is 13.0. The van der Waals surface area contributed by atoms with Crippen LogP contribution in [0.1, 0.15) is 16.7 Å². The van der Waals surface area contributed by atoms with Crippen molar-refractivity contribution in [2.45, 2.75) is 19.7 Å². The van der Waals surface area contributed by atoms with E-state index in [0.29, 0.717) is 44.2 Å². The molecule has 62 heavy (non-hydrogen) atoms. The maximum Gasteiger partial charge on any atom is 0.249 e. The Bertz CT molecular complexity index is 2580. The molecule has 0 amide bonds. The van der Waals surface area contributed by atoms with Crippen LogP contribution in [-0.4, -0.2) is 76.4 Å². The largest absolute Gasteiger partial charge is 0.497 e. The molecule has 0 saturated heterocycles. The van der Waals surface area contributed by atoms with E-state index in [0.717, 1.165) is 86.3 Å². The smallest absolute Gasteiger partial charge is 0.249 e. The van der Waals surface area contributed by atoms with Gasteiger partial charge in [0.15, 0.2) is 11.5 Å². The number of nitrogens with zero attached hydrogens (tertiary/aromatic N) is 2. The Balaban J connectivity index is 1.03. The van der Waals surface area contributed by atoms with Crippen LogP contribution in [0.4, 0.5) is 22.7 Å². The number of benzene rings is 6. The number of aromatic amines is 1. The Hall–Kier alpha value is -6.95. The van der Waals surface area contributed by atoms with Crippen LogP contribution in [0.25, 0.3) is 22.0 Å². The second kappa shape index (κ2) is 21.0. The molecule has 0 fully saturated rings. The Kier molecular flexibility index (Phi) is 14.6. The van der Waals surface area contributed by atoms with Gasteiger partial charge in [-0.3, -0.25) is 4.79 Å². The fraction of sp³-hybridized carbons (Fsp3) is 0.235. The molecule has 0 saturated carbocycles. The maximum atomic E-state index is 13.0. The average molecular weight is 833 g/mol. The number of methoxy groups -OCH3 is 1. The zero-order chi connectivity index (χ0) is 43.3. The highest BCUT2D eigenvalue weighted by Gasteiger charge is 2.16. The molecular formula is C51H56N6O5. The molecule has 1 heterocycles. The van der Waals surface area contributed by atoms with E-state index in [9.17, 15) is 4.79 Å². The van der Waals surface area contributed by atoms with Crippen LogP contribution in [0.15, 0.2) is 144 Å². The molecule has 11 heteroatoms. The van der Waals surface area contributed by atoms with Gasteiger partial charge in [0.1, 0.15) is 31.3 Å². The van der Waals surface area contributed by atoms with Crippen LogP contribution < -0.4 is 40.5 Å². The number of hydrogen-bond donors (Lipinski definition) is 4. The van der Waals surface area contributed by atoms with Crippen molar-refractivity contribution in [2.24, 2.45) is 0 Å². The number of rotatable bonds is 21. The molecule has 0 spiro atoms. The SMILES string of the molecule is COc1ccc(CNc2cccc(Nc3ccccc3COc3ccc(CNc4ccc5c(-c6ccccc6)cc(=O)[nH]c5c4OCCN(C)C)cc3)c2OCCN(C)C)cc1. The van der Waals surface area contributed by atoms with Gasteiger partial charge in [-0.05, 0) is 105 Å². The summed E-state index contributed by atoms with van der Waals surface area (Å²) in [6, 6.07) is 46.0. The highest BCUT2D eigenvalue weighted by molar-refractivity contribution is 6.00. The molecule has 0 radical (unpaired) electrons. The number of H-pyrrole nitrogens is 1. The van der Waals surface area contributed by atoms with Crippen LogP contribution >= 0.6 is 0 Å². The van der Waals surface area contributed by atoms with E-state index in [4.69, 9.17) is 18.9 Å². The van der Waals surface area contributed by atoms with Gasteiger partial charge in [0, 0.05) is 48.9 Å². The summed E-state index contributed by atoms with van der Waals surface area (Å²) in [4.78, 5) is 20.2. The highest BCUT2D eigenvalue weighted by Crippen LogP contribution is 2.38. The minimum atomic E-state index is -0.183. The molecular weight excluding hydrogens is 777 g/mol. The van der Waals surface area contributed by atoms with Crippen LogP contribution in [0.2, 0.25) is 0 Å². The molecule has 7 aromatic rings. The molecule has 6 aromatic carbocycles. The summed E-state index contributed by atoms with van der Waals surface area (Å²) in [5, 5.41) is 11.7. The first-order valence-corrected chi connectivity index (χ1v) is 20.8. The van der Waals surface area contributed by atoms with Gasteiger partial charge in [-0.25, -0.2) is 0 Å². The van der Waals surface area contributed by atoms with Gasteiger partial charge in [0.2, 0.25) is 5.56 Å². The second-order valence-electron chi connectivity index (χ2n) is 15.5. The van der Waals surface area contributed by atoms with E-state index in [1.165, 1.54) is 0 Å². The van der Waals surface area contributed by atoms with E-state index in [1.807, 2.05) is 125 Å². The van der Waals surface area contributed by atoms with Crippen LogP contribution in [0, 0.1) is 0 Å². The lowest BCUT2D eigenvalue weighted by Gasteiger charge is -2.20. The quantitative estimate of drug-likeness (QED) is 0.0559. The van der Waals surface area contributed by atoms with E-state index in [2.05, 4.69) is 67.1 Å². The molecule has 11 nitrogen and oxygen atoms in total. The number of ether oxygens (including phenoxy) is 4. The topological polar surface area (TPSA) is 112 Å². The predicted octanol–water partition coefficient (Wildman–Crippen LogP) is 9.63. The third kappa shape index (κ3) is 11.4. The summed E-state index contributed by atoms with van der Waals surface area (Å²) in [6.07, 6.45) is 0. The highest BCUT2D eigenvalue weighted by atomic mass is 16.5. The van der Waals surface area contributed by atoms with Gasteiger partial charge in [-0.2, -0.15) is 0 Å². The van der Waals surface area contributed by atoms with Gasteiger partial charge < -0.3 is 49.7 Å². The number of likely N-dealkylation sites (N-methyl/N-ethyl adjacent to an activating group) is 2. The third-order valence-corrected chi connectivity index (χ3v) is 10.4. The van der Waals surface area contributed by atoms with E-state index < -0.39 is 0 Å². The Morgan fingerprint density at radius 1 is 0.565 bits per heavy atom. The molecule has 320 valence electrons. The third-order valence-electron chi connectivity index (χ3n) is 10.4. The predicted molar refractivity (Wildman–Crippen MR) is 253 cm³/mol. The molecule has 1 aromatic heterocycles. The number of fused-ring (bicyclic) bond motifs is 1. The van der Waals surface area contributed by atoms with Crippen molar-refractivity contribution < 1.29 is 18.9 Å². The van der Waals surface area contributed by atoms with Crippen molar-refractivity contribution in [1.29, 1.82) is 0 Å². The fourth-order valence-corrected chi connectivity index (χ4v) is 6.95. The van der Waals surface area contributed by atoms with Gasteiger partial charge in [-0.1, -0.05) is 78.9 Å². The van der Waals surface area contributed by atoms with E-state index >= 15 is 0 Å². The lowest BCUT2D eigenvalue weighted by Crippen LogP contribution is -2.20. The molecule has 0 bridgehead atoms. The van der Waals surface area contributed by atoms with Crippen molar-refractivity contribution in [3.8, 4) is 34.1 Å². The van der Waals surface area contributed by atoms with Crippen molar-refractivity contribution >= 4 is 33.7 Å². The minimum Gasteiger partial charge on any atom is -0.497 e. The number of nitrogens with one attached hydrogen (secondary N) is 4. The van der Waals surface area contributed by atoms with Gasteiger partial charge in [-0.15, -0.1) is 0 Å². The van der Waals surface area contributed by atoms with Crippen molar-refractivity contribution in [3.63, 3.8) is 0 Å². The van der Waals surface area contributed by atoms with Crippen LogP contribution in [0.3, 0.4) is 0 Å². The first-order chi connectivity index (χ1) is 30.2. The zero-order valence-corrected chi connectivity index (χ0v) is 36.2. The lowest BCUT2D eigenvalue weighted by atomic mass is 10.0. The molecule has 0 aliphatic carbocycles. The Morgan fingerprint density at radius 2 is 1.15 bits per heavy atom. The summed E-state index contributed by atoms with van der Waals surface area (Å²) in [5.41, 5.74) is 8.99. The van der Waals surface area contributed by atoms with Crippen molar-refractivity contribution in [2.75, 3.05) is 77.6 Å². The first kappa shape index (κ1) is 43.1. The molecule has 7 rings (SSSR count). The summed E-state index contributed by atoms with van der Waals surface area (Å²) in [5.74, 6) is 2.96. The fourth-order valence-electron chi connectivity index (χ4n) is 6.95. The minimum absolute atomic E-state index is 0.183. The normalized spacial score (nSPS) is 11.1. The van der Waals surface area contributed by atoms with Crippen LogP contribution in [0.5, 0.6) is 23.0 Å². The molecule has 0 unspecified atom stereocenters. The van der Waals surface area contributed by atoms with Crippen molar-refractivity contribution in [3.05, 3.63) is 167 Å².